The molecular weight excluding hydrogens is 206 g/mol. The van der Waals surface area contributed by atoms with E-state index in [-0.39, 0.29) is 10.6 Å². The smallest absolute Gasteiger partial charge is 0.274 e. The minimum atomic E-state index is -0.356. The van der Waals surface area contributed by atoms with Crippen LogP contribution in [-0.4, -0.2) is 16.5 Å². The van der Waals surface area contributed by atoms with Gasteiger partial charge in [0.1, 0.15) is 5.82 Å². The van der Waals surface area contributed by atoms with Crippen LogP contribution >= 0.6 is 0 Å². The standard InChI is InChI=1S/C11H15N3O2/c1-2-5-12-11-7-9(14(15)16)6-10(13-11)8-3-4-8/h6-8H,2-5H2,1H3,(H,12,13). The van der Waals surface area contributed by atoms with Crippen molar-refractivity contribution in [3.8, 4) is 0 Å². The maximum atomic E-state index is 10.8. The van der Waals surface area contributed by atoms with Gasteiger partial charge in [-0.15, -0.1) is 0 Å². The van der Waals surface area contributed by atoms with Gasteiger partial charge in [0.2, 0.25) is 0 Å². The van der Waals surface area contributed by atoms with Gasteiger partial charge in [0.15, 0.2) is 0 Å². The summed E-state index contributed by atoms with van der Waals surface area (Å²) in [5.41, 5.74) is 0.989. The zero-order valence-corrected chi connectivity index (χ0v) is 9.27. The number of hydrogen-bond donors (Lipinski definition) is 1. The molecule has 0 aliphatic heterocycles. The van der Waals surface area contributed by atoms with Gasteiger partial charge in [0.25, 0.3) is 5.69 Å². The van der Waals surface area contributed by atoms with E-state index in [1.807, 2.05) is 6.92 Å². The van der Waals surface area contributed by atoms with Gasteiger partial charge < -0.3 is 5.32 Å². The number of nitrogens with zero attached hydrogens (tertiary/aromatic N) is 2. The molecule has 1 aliphatic rings. The van der Waals surface area contributed by atoms with Gasteiger partial charge in [0, 0.05) is 18.5 Å². The molecule has 2 rings (SSSR count). The lowest BCUT2D eigenvalue weighted by Gasteiger charge is -2.06. The summed E-state index contributed by atoms with van der Waals surface area (Å²) in [7, 11) is 0. The third kappa shape index (κ3) is 2.48. The van der Waals surface area contributed by atoms with Gasteiger partial charge in [0.05, 0.1) is 16.7 Å². The Labute approximate surface area is 94.0 Å². The van der Waals surface area contributed by atoms with E-state index in [2.05, 4.69) is 10.3 Å². The molecule has 0 atom stereocenters. The lowest BCUT2D eigenvalue weighted by atomic mass is 10.2. The Kier molecular flexibility index (Phi) is 3.03. The van der Waals surface area contributed by atoms with Crippen molar-refractivity contribution in [3.63, 3.8) is 0 Å². The molecule has 1 aliphatic carbocycles. The van der Waals surface area contributed by atoms with Crippen LogP contribution in [0, 0.1) is 10.1 Å². The molecule has 1 saturated carbocycles. The quantitative estimate of drug-likeness (QED) is 0.613. The fraction of sp³-hybridized carbons (Fsp3) is 0.545. The first kappa shape index (κ1) is 10.9. The minimum absolute atomic E-state index is 0.135. The second kappa shape index (κ2) is 4.47. The van der Waals surface area contributed by atoms with E-state index < -0.39 is 0 Å². The second-order valence-corrected chi connectivity index (χ2v) is 4.09. The monoisotopic (exact) mass is 221 g/mol. The zero-order valence-electron chi connectivity index (χ0n) is 9.27. The van der Waals surface area contributed by atoms with Crippen molar-refractivity contribution in [1.29, 1.82) is 0 Å². The van der Waals surface area contributed by atoms with E-state index in [9.17, 15) is 10.1 Å². The Morgan fingerprint density at radius 3 is 2.88 bits per heavy atom. The predicted octanol–water partition coefficient (Wildman–Crippen LogP) is 2.69. The molecule has 0 spiro atoms. The van der Waals surface area contributed by atoms with Gasteiger partial charge >= 0.3 is 0 Å². The molecule has 0 bridgehead atoms. The van der Waals surface area contributed by atoms with Crippen molar-refractivity contribution in [2.45, 2.75) is 32.1 Å². The summed E-state index contributed by atoms with van der Waals surface area (Å²) < 4.78 is 0. The number of nitrogens with one attached hydrogen (secondary N) is 1. The normalized spacial score (nSPS) is 14.8. The number of anilines is 1. The first-order chi connectivity index (χ1) is 7.70. The molecule has 1 heterocycles. The lowest BCUT2D eigenvalue weighted by Crippen LogP contribution is -2.04. The number of pyridine rings is 1. The largest absolute Gasteiger partial charge is 0.370 e. The summed E-state index contributed by atoms with van der Waals surface area (Å²) in [6, 6.07) is 3.09. The highest BCUT2D eigenvalue weighted by molar-refractivity contribution is 5.47. The van der Waals surface area contributed by atoms with Crippen LogP contribution in [0.2, 0.25) is 0 Å². The summed E-state index contributed by atoms with van der Waals surface area (Å²) in [6.07, 6.45) is 3.17. The number of aromatic nitrogens is 1. The summed E-state index contributed by atoms with van der Waals surface area (Å²) in [5.74, 6) is 1.06. The molecule has 0 radical (unpaired) electrons. The highest BCUT2D eigenvalue weighted by atomic mass is 16.6. The highest BCUT2D eigenvalue weighted by Crippen LogP contribution is 2.40. The molecule has 0 saturated heterocycles. The lowest BCUT2D eigenvalue weighted by molar-refractivity contribution is -0.384. The van der Waals surface area contributed by atoms with E-state index >= 15 is 0 Å². The van der Waals surface area contributed by atoms with Crippen LogP contribution in [0.15, 0.2) is 12.1 Å². The molecule has 86 valence electrons. The Bertz CT molecular complexity index is 402. The van der Waals surface area contributed by atoms with Gasteiger partial charge in [-0.1, -0.05) is 6.92 Å². The first-order valence-electron chi connectivity index (χ1n) is 5.61. The van der Waals surface area contributed by atoms with Crippen molar-refractivity contribution >= 4 is 11.5 Å². The van der Waals surface area contributed by atoms with Crippen LogP contribution in [0.3, 0.4) is 0 Å². The Morgan fingerprint density at radius 1 is 1.56 bits per heavy atom. The minimum Gasteiger partial charge on any atom is -0.370 e. The summed E-state index contributed by atoms with van der Waals surface area (Å²) in [6.45, 7) is 2.84. The molecule has 0 aromatic carbocycles. The van der Waals surface area contributed by atoms with Gasteiger partial charge in [-0.05, 0) is 19.3 Å². The zero-order chi connectivity index (χ0) is 11.5. The van der Waals surface area contributed by atoms with Crippen molar-refractivity contribution in [1.82, 2.24) is 4.98 Å². The highest BCUT2D eigenvalue weighted by Gasteiger charge is 2.27. The number of nitro groups is 1. The average Bonchev–Trinajstić information content (AvgIpc) is 3.09. The first-order valence-corrected chi connectivity index (χ1v) is 5.61. The summed E-state index contributed by atoms with van der Waals surface area (Å²) >= 11 is 0. The van der Waals surface area contributed by atoms with E-state index in [1.54, 1.807) is 6.07 Å². The van der Waals surface area contributed by atoms with Gasteiger partial charge in [-0.25, -0.2) is 4.98 Å². The molecule has 1 aromatic heterocycles. The fourth-order valence-electron chi connectivity index (χ4n) is 1.57. The molecule has 5 nitrogen and oxygen atoms in total. The molecular formula is C11H15N3O2. The SMILES string of the molecule is CCCNc1cc([N+](=O)[O-])cc(C2CC2)n1. The van der Waals surface area contributed by atoms with Crippen molar-refractivity contribution < 1.29 is 4.92 Å². The van der Waals surface area contributed by atoms with Crippen LogP contribution in [0.1, 0.15) is 37.8 Å². The number of hydrogen-bond acceptors (Lipinski definition) is 4. The molecule has 0 unspecified atom stereocenters. The maximum Gasteiger partial charge on any atom is 0.274 e. The molecule has 1 N–H and O–H groups in total. The van der Waals surface area contributed by atoms with E-state index in [4.69, 9.17) is 0 Å². The third-order valence-corrected chi connectivity index (χ3v) is 2.59. The molecule has 1 aromatic rings. The Morgan fingerprint density at radius 2 is 2.31 bits per heavy atom. The maximum absolute atomic E-state index is 10.8. The summed E-state index contributed by atoms with van der Waals surface area (Å²) in [5, 5.41) is 13.9. The molecule has 0 amide bonds. The van der Waals surface area contributed by atoms with E-state index in [0.29, 0.717) is 11.7 Å². The van der Waals surface area contributed by atoms with Gasteiger partial charge in [-0.2, -0.15) is 0 Å². The molecule has 5 heteroatoms. The predicted molar refractivity (Wildman–Crippen MR) is 61.6 cm³/mol. The topological polar surface area (TPSA) is 68.1 Å². The van der Waals surface area contributed by atoms with Crippen LogP contribution in [0.5, 0.6) is 0 Å². The van der Waals surface area contributed by atoms with Crippen molar-refractivity contribution in [2.75, 3.05) is 11.9 Å². The van der Waals surface area contributed by atoms with Crippen molar-refractivity contribution in [3.05, 3.63) is 27.9 Å². The van der Waals surface area contributed by atoms with E-state index in [0.717, 1.165) is 31.5 Å². The second-order valence-electron chi connectivity index (χ2n) is 4.09. The van der Waals surface area contributed by atoms with Crippen LogP contribution in [0.25, 0.3) is 0 Å². The van der Waals surface area contributed by atoms with Crippen molar-refractivity contribution in [2.24, 2.45) is 0 Å². The van der Waals surface area contributed by atoms with Gasteiger partial charge in [-0.3, -0.25) is 10.1 Å². The van der Waals surface area contributed by atoms with E-state index in [1.165, 1.54) is 6.07 Å². The fourth-order valence-corrected chi connectivity index (χ4v) is 1.57. The Hall–Kier alpha value is -1.65. The number of rotatable bonds is 5. The molecule has 16 heavy (non-hydrogen) atoms. The summed E-state index contributed by atoms with van der Waals surface area (Å²) in [4.78, 5) is 14.8. The average molecular weight is 221 g/mol. The van der Waals surface area contributed by atoms with Crippen LogP contribution in [0.4, 0.5) is 11.5 Å². The van der Waals surface area contributed by atoms with Crippen LogP contribution in [-0.2, 0) is 0 Å². The Balaban J connectivity index is 2.25. The third-order valence-electron chi connectivity index (χ3n) is 2.59. The van der Waals surface area contributed by atoms with Crippen LogP contribution < -0.4 is 5.32 Å². The molecule has 1 fully saturated rings.